The third-order valence-electron chi connectivity index (χ3n) is 5.36. The van der Waals surface area contributed by atoms with Crippen molar-refractivity contribution in [2.75, 3.05) is 18.0 Å². The van der Waals surface area contributed by atoms with Crippen LogP contribution in [-0.4, -0.2) is 49.8 Å². The number of imidazole rings is 1. The monoisotopic (exact) mass is 400 g/mol. The number of nitrogens with zero attached hydrogens (tertiary/aromatic N) is 6. The first-order valence-electron chi connectivity index (χ1n) is 10.2. The first-order valence-corrected chi connectivity index (χ1v) is 10.2. The number of morpholine rings is 1. The van der Waals surface area contributed by atoms with Crippen LogP contribution in [0.4, 0.5) is 5.82 Å². The van der Waals surface area contributed by atoms with E-state index in [0.29, 0.717) is 0 Å². The van der Waals surface area contributed by atoms with E-state index in [4.69, 9.17) is 14.7 Å². The summed E-state index contributed by atoms with van der Waals surface area (Å²) in [6, 6.07) is 10.1. The molecule has 0 amide bonds. The lowest BCUT2D eigenvalue weighted by molar-refractivity contribution is -0.00545. The third kappa shape index (κ3) is 3.41. The second-order valence-corrected chi connectivity index (χ2v) is 7.86. The van der Waals surface area contributed by atoms with Crippen molar-refractivity contribution < 1.29 is 4.74 Å². The molecule has 1 aliphatic heterocycles. The highest BCUT2D eigenvalue weighted by molar-refractivity contribution is 5.82. The second kappa shape index (κ2) is 7.50. The topological polar surface area (TPSA) is 69.0 Å². The predicted molar refractivity (Wildman–Crippen MR) is 117 cm³/mol. The Kier molecular flexibility index (Phi) is 4.67. The van der Waals surface area contributed by atoms with Gasteiger partial charge in [0.15, 0.2) is 0 Å². The van der Waals surface area contributed by atoms with Gasteiger partial charge in [-0.3, -0.25) is 14.5 Å². The minimum Gasteiger partial charge on any atom is -0.372 e. The molecule has 0 spiro atoms. The molecule has 2 atom stereocenters. The van der Waals surface area contributed by atoms with Gasteiger partial charge in [-0.25, -0.2) is 9.97 Å². The quantitative estimate of drug-likeness (QED) is 0.521. The first kappa shape index (κ1) is 18.7. The minimum absolute atomic E-state index is 0.195. The van der Waals surface area contributed by atoms with Crippen molar-refractivity contribution >= 4 is 16.9 Å². The summed E-state index contributed by atoms with van der Waals surface area (Å²) in [5.74, 6) is 1.79. The molecule has 0 aromatic carbocycles. The molecule has 1 aliphatic rings. The number of hydrogen-bond donors (Lipinski definition) is 0. The van der Waals surface area contributed by atoms with Crippen molar-refractivity contribution in [2.24, 2.45) is 0 Å². The summed E-state index contributed by atoms with van der Waals surface area (Å²) in [6.07, 6.45) is 7.75. The number of ether oxygens (including phenoxy) is 1. The van der Waals surface area contributed by atoms with Gasteiger partial charge in [0.2, 0.25) is 0 Å². The molecule has 30 heavy (non-hydrogen) atoms. The lowest BCUT2D eigenvalue weighted by atomic mass is 10.2. The van der Waals surface area contributed by atoms with Crippen LogP contribution < -0.4 is 4.90 Å². The van der Waals surface area contributed by atoms with Crippen molar-refractivity contribution in [1.82, 2.24) is 24.5 Å². The van der Waals surface area contributed by atoms with Crippen molar-refractivity contribution in [3.05, 3.63) is 60.8 Å². The van der Waals surface area contributed by atoms with Gasteiger partial charge in [-0.15, -0.1) is 0 Å². The van der Waals surface area contributed by atoms with E-state index in [0.717, 1.165) is 52.7 Å². The van der Waals surface area contributed by atoms with Gasteiger partial charge in [-0.2, -0.15) is 0 Å². The van der Waals surface area contributed by atoms with Gasteiger partial charge in [0, 0.05) is 36.7 Å². The number of rotatable bonds is 3. The molecular weight excluding hydrogens is 376 g/mol. The molecule has 4 aromatic rings. The summed E-state index contributed by atoms with van der Waals surface area (Å²) in [5.41, 5.74) is 4.71. The smallest absolute Gasteiger partial charge is 0.147 e. The predicted octanol–water partition coefficient (Wildman–Crippen LogP) is 3.80. The highest BCUT2D eigenvalue weighted by Gasteiger charge is 2.23. The Balaban J connectivity index is 1.56. The SMILES string of the molecule is Cc1ccc(-n2c(-c3ccc(N4CC(C)OC(C)C4)nc3)nc3ccncc32)cn1. The number of fused-ring (bicyclic) bond motifs is 1. The summed E-state index contributed by atoms with van der Waals surface area (Å²) in [4.78, 5) is 20.7. The Labute approximate surface area is 175 Å². The van der Waals surface area contributed by atoms with Crippen LogP contribution in [0.1, 0.15) is 19.5 Å². The molecule has 1 fully saturated rings. The third-order valence-corrected chi connectivity index (χ3v) is 5.36. The van der Waals surface area contributed by atoms with Crippen LogP contribution in [0.5, 0.6) is 0 Å². The number of aryl methyl sites for hydroxylation is 1. The second-order valence-electron chi connectivity index (χ2n) is 7.86. The zero-order chi connectivity index (χ0) is 20.7. The maximum atomic E-state index is 5.84. The summed E-state index contributed by atoms with van der Waals surface area (Å²) in [7, 11) is 0. The molecule has 0 saturated carbocycles. The van der Waals surface area contributed by atoms with Gasteiger partial charge in [-0.1, -0.05) is 0 Å². The molecule has 7 nitrogen and oxygen atoms in total. The maximum absolute atomic E-state index is 5.84. The Bertz CT molecular complexity index is 1160. The zero-order valence-electron chi connectivity index (χ0n) is 17.4. The largest absolute Gasteiger partial charge is 0.372 e. The van der Waals surface area contributed by atoms with E-state index in [1.807, 2.05) is 37.6 Å². The van der Waals surface area contributed by atoms with E-state index in [1.165, 1.54) is 0 Å². The minimum atomic E-state index is 0.195. The van der Waals surface area contributed by atoms with Gasteiger partial charge in [0.25, 0.3) is 0 Å². The fraction of sp³-hybridized carbons (Fsp3) is 0.304. The Hall–Kier alpha value is -3.32. The molecule has 5 rings (SSSR count). The molecular formula is C23H24N6O. The highest BCUT2D eigenvalue weighted by atomic mass is 16.5. The molecule has 2 unspecified atom stereocenters. The molecule has 0 aliphatic carbocycles. The normalized spacial score (nSPS) is 19.4. The zero-order valence-corrected chi connectivity index (χ0v) is 17.4. The van der Waals surface area contributed by atoms with Crippen LogP contribution in [0.25, 0.3) is 28.1 Å². The van der Waals surface area contributed by atoms with Crippen LogP contribution >= 0.6 is 0 Å². The highest BCUT2D eigenvalue weighted by Crippen LogP contribution is 2.29. The van der Waals surface area contributed by atoms with Gasteiger partial charge in [-0.05, 0) is 51.1 Å². The molecule has 0 N–H and O–H groups in total. The van der Waals surface area contributed by atoms with E-state index >= 15 is 0 Å². The first-order chi connectivity index (χ1) is 14.6. The van der Waals surface area contributed by atoms with Crippen molar-refractivity contribution in [2.45, 2.75) is 33.0 Å². The van der Waals surface area contributed by atoms with E-state index in [2.05, 4.69) is 51.5 Å². The van der Waals surface area contributed by atoms with Crippen LogP contribution in [0.2, 0.25) is 0 Å². The van der Waals surface area contributed by atoms with Crippen LogP contribution in [0.15, 0.2) is 55.1 Å². The maximum Gasteiger partial charge on any atom is 0.147 e. The average Bonchev–Trinajstić information content (AvgIpc) is 3.13. The molecule has 5 heterocycles. The van der Waals surface area contributed by atoms with Crippen LogP contribution in [-0.2, 0) is 4.74 Å². The lowest BCUT2D eigenvalue weighted by Crippen LogP contribution is -2.45. The fourth-order valence-electron chi connectivity index (χ4n) is 4.04. The number of hydrogen-bond acceptors (Lipinski definition) is 6. The van der Waals surface area contributed by atoms with Crippen molar-refractivity contribution in [3.63, 3.8) is 0 Å². The van der Waals surface area contributed by atoms with E-state index in [1.54, 1.807) is 6.20 Å². The van der Waals surface area contributed by atoms with Crippen LogP contribution in [0, 0.1) is 6.92 Å². The van der Waals surface area contributed by atoms with Crippen LogP contribution in [0.3, 0.4) is 0 Å². The van der Waals surface area contributed by atoms with E-state index in [-0.39, 0.29) is 12.2 Å². The molecule has 152 valence electrons. The summed E-state index contributed by atoms with van der Waals surface area (Å²) < 4.78 is 7.93. The van der Waals surface area contributed by atoms with E-state index < -0.39 is 0 Å². The van der Waals surface area contributed by atoms with Gasteiger partial charge < -0.3 is 9.64 Å². The van der Waals surface area contributed by atoms with Gasteiger partial charge >= 0.3 is 0 Å². The van der Waals surface area contributed by atoms with E-state index in [9.17, 15) is 0 Å². The van der Waals surface area contributed by atoms with Crippen molar-refractivity contribution in [1.29, 1.82) is 0 Å². The summed E-state index contributed by atoms with van der Waals surface area (Å²) in [5, 5.41) is 0. The molecule has 7 heteroatoms. The number of aromatic nitrogens is 5. The Morgan fingerprint density at radius 2 is 1.77 bits per heavy atom. The molecule has 4 aromatic heterocycles. The number of anilines is 1. The molecule has 1 saturated heterocycles. The Morgan fingerprint density at radius 1 is 0.933 bits per heavy atom. The average molecular weight is 400 g/mol. The summed E-state index contributed by atoms with van der Waals surface area (Å²) >= 11 is 0. The fourth-order valence-corrected chi connectivity index (χ4v) is 4.04. The van der Waals surface area contributed by atoms with Gasteiger partial charge in [0.05, 0.1) is 41.3 Å². The molecule has 0 bridgehead atoms. The standard InChI is InChI=1S/C23H24N6O/c1-15-4-6-19(11-25-15)29-21-12-24-9-8-20(21)27-23(29)18-5-7-22(26-10-18)28-13-16(2)30-17(3)14-28/h4-12,16-17H,13-14H2,1-3H3. The molecule has 0 radical (unpaired) electrons. The van der Waals surface area contributed by atoms with Gasteiger partial charge in [0.1, 0.15) is 11.6 Å². The summed E-state index contributed by atoms with van der Waals surface area (Å²) in [6.45, 7) is 7.87. The Morgan fingerprint density at radius 3 is 2.47 bits per heavy atom. The lowest BCUT2D eigenvalue weighted by Gasteiger charge is -2.36. The number of pyridine rings is 3. The van der Waals surface area contributed by atoms with Crippen molar-refractivity contribution in [3.8, 4) is 17.1 Å².